The first kappa shape index (κ1) is 42.5. The Labute approximate surface area is 342 Å². The Balaban J connectivity index is 0.00000253. The third-order valence-electron chi connectivity index (χ3n) is 13.0. The van der Waals surface area contributed by atoms with E-state index in [9.17, 15) is 9.00 Å². The van der Waals surface area contributed by atoms with Gasteiger partial charge in [0, 0.05) is 89.9 Å². The topological polar surface area (TPSA) is 77.6 Å². The van der Waals surface area contributed by atoms with E-state index >= 15 is 0 Å². The number of ether oxygens (including phenoxy) is 2. The van der Waals surface area contributed by atoms with Gasteiger partial charge in [-0.3, -0.25) is 19.3 Å². The molecule has 2 saturated heterocycles. The molecule has 9 nitrogen and oxygen atoms in total. The smallest absolute Gasteiger partial charge is 0.263 e. The lowest BCUT2D eigenvalue weighted by atomic mass is 9.63. The predicted octanol–water partition coefficient (Wildman–Crippen LogP) is 6.85. The first-order valence-corrected chi connectivity index (χ1v) is 23.5. The van der Waals surface area contributed by atoms with Crippen LogP contribution in [0.25, 0.3) is 0 Å². The summed E-state index contributed by atoms with van der Waals surface area (Å²) in [6.07, 6.45) is 13.5. The lowest BCUT2D eigenvalue weighted by Gasteiger charge is -2.53. The van der Waals surface area contributed by atoms with E-state index < -0.39 is 16.6 Å². The quantitative estimate of drug-likeness (QED) is 0.184. The second-order valence-corrected chi connectivity index (χ2v) is 18.6. The van der Waals surface area contributed by atoms with Crippen LogP contribution in [0.5, 0.6) is 5.75 Å². The van der Waals surface area contributed by atoms with Crippen LogP contribution in [0.2, 0.25) is 0 Å². The summed E-state index contributed by atoms with van der Waals surface area (Å²) in [7, 11) is 0.387. The molecule has 0 radical (unpaired) electrons. The van der Waals surface area contributed by atoms with Crippen molar-refractivity contribution in [1.82, 2.24) is 18.8 Å². The number of fused-ring (bicyclic) bond motifs is 3. The zero-order chi connectivity index (χ0) is 39.1. The lowest BCUT2D eigenvalue weighted by molar-refractivity contribution is -0.100. The van der Waals surface area contributed by atoms with Gasteiger partial charge in [0.25, 0.3) is 5.91 Å². The molecule has 3 fully saturated rings. The number of allylic oxidation sites excluding steroid dienone is 1. The number of carbonyl (C=O) groups is 1. The molecule has 8 atom stereocenters. The highest BCUT2D eigenvalue weighted by atomic mass is 35.5. The van der Waals surface area contributed by atoms with Crippen LogP contribution in [0.4, 0.5) is 5.69 Å². The zero-order valence-corrected chi connectivity index (χ0v) is 36.3. The van der Waals surface area contributed by atoms with Crippen molar-refractivity contribution in [3.63, 3.8) is 0 Å². The molecule has 2 bridgehead atoms. The number of carbonyl (C=O) groups excluding carboxylic acids is 1. The minimum Gasteiger partial charge on any atom is -0.491 e. The number of piperazine rings is 2. The highest BCUT2D eigenvalue weighted by Gasteiger charge is 2.49. The summed E-state index contributed by atoms with van der Waals surface area (Å²) in [5, 5.41) is -0.215. The highest BCUT2D eigenvalue weighted by molar-refractivity contribution is 7.96. The molecule has 304 valence electrons. The van der Waals surface area contributed by atoms with Crippen molar-refractivity contribution >= 4 is 46.1 Å². The van der Waals surface area contributed by atoms with E-state index in [-0.39, 0.29) is 23.0 Å². The van der Waals surface area contributed by atoms with Crippen molar-refractivity contribution in [2.24, 2.45) is 17.8 Å². The number of benzene rings is 2. The average Bonchev–Trinajstić information content (AvgIpc) is 3.38. The van der Waals surface area contributed by atoms with E-state index in [1.165, 1.54) is 17.5 Å². The predicted molar refractivity (Wildman–Crippen MR) is 230 cm³/mol. The second kappa shape index (κ2) is 19.6. The Morgan fingerprint density at radius 1 is 1.04 bits per heavy atom. The van der Waals surface area contributed by atoms with Gasteiger partial charge in [0.2, 0.25) is 0 Å². The lowest BCUT2D eigenvalue weighted by Crippen LogP contribution is -2.64. The van der Waals surface area contributed by atoms with E-state index in [0.29, 0.717) is 30.0 Å². The number of hydrogen-bond acceptors (Lipinski definition) is 9. The summed E-state index contributed by atoms with van der Waals surface area (Å²) in [6.45, 7) is 16.0. The fourth-order valence-corrected chi connectivity index (χ4v) is 11.1. The van der Waals surface area contributed by atoms with E-state index in [1.807, 2.05) is 44.2 Å². The molecule has 4 heterocycles. The van der Waals surface area contributed by atoms with Crippen LogP contribution in [-0.2, 0) is 22.1 Å². The Morgan fingerprint density at radius 2 is 1.84 bits per heavy atom. The summed E-state index contributed by atoms with van der Waals surface area (Å²) in [4.78, 5) is 21.5. The van der Waals surface area contributed by atoms with Gasteiger partial charge in [-0.15, -0.1) is 11.6 Å². The summed E-state index contributed by atoms with van der Waals surface area (Å²) in [5.41, 5.74) is 3.77. The number of amides is 1. The number of nitrogens with one attached hydrogen (secondary N) is 1. The molecular formula is C43H64ClN5O4S2. The maximum atomic E-state index is 13.6. The van der Waals surface area contributed by atoms with Crippen LogP contribution in [-0.4, -0.2) is 126 Å². The number of alkyl halides is 1. The van der Waals surface area contributed by atoms with Crippen molar-refractivity contribution in [3.8, 4) is 5.75 Å². The first-order chi connectivity index (χ1) is 26.7. The van der Waals surface area contributed by atoms with Gasteiger partial charge in [0.1, 0.15) is 22.3 Å². The van der Waals surface area contributed by atoms with Gasteiger partial charge in [0.05, 0.1) is 17.5 Å². The Kier molecular flexibility index (Phi) is 15.1. The Morgan fingerprint density at radius 3 is 2.58 bits per heavy atom. The molecule has 4 aliphatic heterocycles. The molecular weight excluding hydrogens is 750 g/mol. The van der Waals surface area contributed by atoms with E-state index in [2.05, 4.69) is 91.8 Å². The van der Waals surface area contributed by atoms with E-state index in [4.69, 9.17) is 9.47 Å². The summed E-state index contributed by atoms with van der Waals surface area (Å²) in [5.74, 6) is 1.55. The standard InChI is InChI=1S/C42H61N5O4S2.CH3Cl/c1-6-10-32-12-7-8-13-37(32)35-25-46-24-34-14-16-38(34)42(50-4,29-44-19-20-45-21-22-47(52-5)27-36(45)26-44)18-9-11-30(2)31(3)53(49)43-41(48)33-15-17-40(51-28-35)39(46)23-33;1-2/h7-9,12-13,15,17-18,23,30-31,34-36,38H,6,10-11,14,16,19-22,24-29H2,1-5H3,(H,43,48);1H3/b18-9+;. The van der Waals surface area contributed by atoms with Gasteiger partial charge in [0.15, 0.2) is 0 Å². The van der Waals surface area contributed by atoms with Gasteiger partial charge in [-0.2, -0.15) is 0 Å². The fourth-order valence-electron chi connectivity index (χ4n) is 9.50. The molecule has 1 saturated carbocycles. The average molecular weight is 815 g/mol. The van der Waals surface area contributed by atoms with Crippen molar-refractivity contribution in [2.75, 3.05) is 90.2 Å². The van der Waals surface area contributed by atoms with Gasteiger partial charge in [-0.1, -0.05) is 68.6 Å². The maximum Gasteiger partial charge on any atom is 0.263 e. The molecule has 0 spiro atoms. The van der Waals surface area contributed by atoms with Crippen LogP contribution in [0.3, 0.4) is 0 Å². The molecule has 2 aromatic carbocycles. The van der Waals surface area contributed by atoms with Gasteiger partial charge in [-0.05, 0) is 85.9 Å². The highest BCUT2D eigenvalue weighted by Crippen LogP contribution is 2.47. The molecule has 12 heteroatoms. The number of nitrogens with zero attached hydrogens (tertiary/aromatic N) is 4. The Bertz CT molecular complexity index is 1650. The maximum absolute atomic E-state index is 13.6. The number of hydrogen-bond donors (Lipinski definition) is 1. The van der Waals surface area contributed by atoms with E-state index in [1.54, 1.807) is 0 Å². The van der Waals surface area contributed by atoms with Crippen molar-refractivity contribution in [3.05, 3.63) is 71.3 Å². The molecule has 1 aliphatic carbocycles. The number of halogens is 1. The van der Waals surface area contributed by atoms with Crippen molar-refractivity contribution in [1.29, 1.82) is 0 Å². The van der Waals surface area contributed by atoms with Crippen LogP contribution < -0.4 is 14.4 Å². The minimum absolute atomic E-state index is 0.110. The van der Waals surface area contributed by atoms with Crippen molar-refractivity contribution < 1.29 is 18.5 Å². The number of rotatable bonds is 7. The van der Waals surface area contributed by atoms with Crippen molar-refractivity contribution in [2.45, 2.75) is 75.7 Å². The molecule has 8 unspecified atom stereocenters. The SMILES string of the molecule is CCCc1ccccc1C1COc2ccc3cc2N(C1)CC1CCC1C(CN1CCN2CCN(SC)CC2C1)(OC)/C=C/CC(C)C(C)S(=O)NC3=O.CCl. The Hall–Kier alpha value is -2.12. The zero-order valence-electron chi connectivity index (χ0n) is 33.9. The van der Waals surface area contributed by atoms with Crippen LogP contribution in [0, 0.1) is 17.8 Å². The van der Waals surface area contributed by atoms with Crippen LogP contribution >= 0.6 is 23.5 Å². The summed E-state index contributed by atoms with van der Waals surface area (Å²) in [6, 6.07) is 15.1. The first-order valence-electron chi connectivity index (χ1n) is 20.4. The number of anilines is 1. The molecule has 1 N–H and O–H groups in total. The molecule has 5 aliphatic rings. The minimum atomic E-state index is -1.53. The summed E-state index contributed by atoms with van der Waals surface area (Å²) >= 11 is 6.51. The normalized spacial score (nSPS) is 32.7. The summed E-state index contributed by atoms with van der Waals surface area (Å²) < 4.78 is 32.3. The largest absolute Gasteiger partial charge is 0.491 e. The second-order valence-electron chi connectivity index (χ2n) is 16.2. The number of methoxy groups -OCH3 is 1. The number of aryl methyl sites for hydroxylation is 1. The van der Waals surface area contributed by atoms with Gasteiger partial charge < -0.3 is 14.4 Å². The molecule has 7 rings (SSSR count). The van der Waals surface area contributed by atoms with Crippen LogP contribution in [0.15, 0.2) is 54.6 Å². The van der Waals surface area contributed by atoms with E-state index in [0.717, 1.165) is 102 Å². The van der Waals surface area contributed by atoms with Gasteiger partial charge in [-0.25, -0.2) is 8.51 Å². The third-order valence-corrected chi connectivity index (χ3v) is 15.4. The van der Waals surface area contributed by atoms with Crippen LogP contribution in [0.1, 0.15) is 73.9 Å². The van der Waals surface area contributed by atoms with Gasteiger partial charge >= 0.3 is 0 Å². The third kappa shape index (κ3) is 9.61. The molecule has 2 aromatic rings. The monoisotopic (exact) mass is 813 g/mol. The molecule has 55 heavy (non-hydrogen) atoms. The fraction of sp³-hybridized carbons (Fsp3) is 0.651. The molecule has 1 amide bonds. The molecule has 0 aromatic heterocycles.